The van der Waals surface area contributed by atoms with Crippen LogP contribution in [-0.4, -0.2) is 41.2 Å². The van der Waals surface area contributed by atoms with Crippen LogP contribution in [0.1, 0.15) is 16.8 Å². The Labute approximate surface area is 106 Å². The van der Waals surface area contributed by atoms with E-state index in [-0.39, 0.29) is 0 Å². The molecule has 18 heavy (non-hydrogen) atoms. The molecule has 0 bridgehead atoms. The second-order valence-corrected chi connectivity index (χ2v) is 4.74. The van der Waals surface area contributed by atoms with E-state index in [1.807, 2.05) is 18.3 Å². The number of carboxylic acid groups (broad SMARTS) is 1. The molecule has 0 fully saturated rings. The third kappa shape index (κ3) is 2.71. The Bertz CT molecular complexity index is 558. The van der Waals surface area contributed by atoms with E-state index in [2.05, 4.69) is 23.6 Å². The summed E-state index contributed by atoms with van der Waals surface area (Å²) in [6.07, 6.45) is 3.07. The summed E-state index contributed by atoms with van der Waals surface area (Å²) in [5.41, 5.74) is 1.34. The summed E-state index contributed by atoms with van der Waals surface area (Å²) in [6.45, 7) is 1.93. The highest BCUT2D eigenvalue weighted by molar-refractivity contribution is 5.93. The first-order chi connectivity index (χ1) is 8.58. The molecule has 0 atom stereocenters. The highest BCUT2D eigenvalue weighted by atomic mass is 16.4. The molecular formula is C14H18N2O2. The Morgan fingerprint density at radius 1 is 1.33 bits per heavy atom. The van der Waals surface area contributed by atoms with Crippen molar-refractivity contribution in [2.45, 2.75) is 13.0 Å². The van der Waals surface area contributed by atoms with Gasteiger partial charge in [0.15, 0.2) is 0 Å². The predicted molar refractivity (Wildman–Crippen MR) is 72.1 cm³/mol. The highest BCUT2D eigenvalue weighted by Gasteiger charge is 2.06. The van der Waals surface area contributed by atoms with Crippen molar-refractivity contribution >= 4 is 16.9 Å². The zero-order valence-corrected chi connectivity index (χ0v) is 10.8. The molecule has 2 aromatic rings. The van der Waals surface area contributed by atoms with Crippen molar-refractivity contribution in [3.05, 3.63) is 36.0 Å². The number of hydrogen-bond donors (Lipinski definition) is 1. The summed E-state index contributed by atoms with van der Waals surface area (Å²) in [7, 11) is 4.10. The van der Waals surface area contributed by atoms with E-state index in [9.17, 15) is 4.79 Å². The third-order valence-electron chi connectivity index (χ3n) is 3.03. The largest absolute Gasteiger partial charge is 0.478 e. The summed E-state index contributed by atoms with van der Waals surface area (Å²) in [5, 5.41) is 10.1. The number of aromatic carboxylic acids is 1. The predicted octanol–water partition coefficient (Wildman–Crippen LogP) is 2.29. The van der Waals surface area contributed by atoms with Gasteiger partial charge in [-0.15, -0.1) is 0 Å². The van der Waals surface area contributed by atoms with Crippen LogP contribution >= 0.6 is 0 Å². The van der Waals surface area contributed by atoms with E-state index < -0.39 is 5.97 Å². The van der Waals surface area contributed by atoms with Gasteiger partial charge in [-0.1, -0.05) is 6.07 Å². The van der Waals surface area contributed by atoms with Gasteiger partial charge in [0.05, 0.1) is 5.56 Å². The summed E-state index contributed by atoms with van der Waals surface area (Å²) in [4.78, 5) is 13.1. The Morgan fingerprint density at radius 3 is 2.78 bits per heavy atom. The van der Waals surface area contributed by atoms with Gasteiger partial charge >= 0.3 is 5.97 Å². The van der Waals surface area contributed by atoms with E-state index in [4.69, 9.17) is 5.11 Å². The van der Waals surface area contributed by atoms with Crippen LogP contribution in [-0.2, 0) is 6.54 Å². The van der Waals surface area contributed by atoms with Crippen molar-refractivity contribution in [1.82, 2.24) is 9.47 Å². The number of carboxylic acids is 1. The Morgan fingerprint density at radius 2 is 2.11 bits per heavy atom. The number of rotatable bonds is 5. The molecule has 0 saturated carbocycles. The van der Waals surface area contributed by atoms with Gasteiger partial charge in [-0.05, 0) is 50.6 Å². The average molecular weight is 246 g/mol. The Balaban J connectivity index is 2.22. The lowest BCUT2D eigenvalue weighted by molar-refractivity contribution is 0.0697. The van der Waals surface area contributed by atoms with Gasteiger partial charge in [0.25, 0.3) is 0 Å². The molecule has 0 unspecified atom stereocenters. The fourth-order valence-electron chi connectivity index (χ4n) is 2.07. The molecular weight excluding hydrogens is 228 g/mol. The van der Waals surface area contributed by atoms with Crippen LogP contribution in [0.25, 0.3) is 10.9 Å². The van der Waals surface area contributed by atoms with Crippen LogP contribution in [0.4, 0.5) is 0 Å². The van der Waals surface area contributed by atoms with Crippen LogP contribution in [0.3, 0.4) is 0 Å². The summed E-state index contributed by atoms with van der Waals surface area (Å²) >= 11 is 0. The topological polar surface area (TPSA) is 45.5 Å². The first kappa shape index (κ1) is 12.6. The summed E-state index contributed by atoms with van der Waals surface area (Å²) < 4.78 is 2.12. The molecule has 96 valence electrons. The maximum Gasteiger partial charge on any atom is 0.335 e. The number of aryl methyl sites for hydroxylation is 1. The van der Waals surface area contributed by atoms with Crippen LogP contribution in [0.5, 0.6) is 0 Å². The second kappa shape index (κ2) is 5.23. The van der Waals surface area contributed by atoms with Crippen molar-refractivity contribution in [1.29, 1.82) is 0 Å². The maximum atomic E-state index is 11.0. The molecule has 0 aliphatic rings. The van der Waals surface area contributed by atoms with E-state index in [1.54, 1.807) is 12.1 Å². The van der Waals surface area contributed by atoms with Gasteiger partial charge in [0.1, 0.15) is 0 Å². The van der Waals surface area contributed by atoms with E-state index in [1.165, 1.54) is 0 Å². The zero-order valence-electron chi connectivity index (χ0n) is 10.8. The molecule has 0 amide bonds. The van der Waals surface area contributed by atoms with Crippen molar-refractivity contribution in [2.24, 2.45) is 0 Å². The van der Waals surface area contributed by atoms with Crippen molar-refractivity contribution < 1.29 is 9.90 Å². The summed E-state index contributed by atoms with van der Waals surface area (Å²) in [5.74, 6) is -0.877. The van der Waals surface area contributed by atoms with Crippen LogP contribution in [0, 0.1) is 0 Å². The van der Waals surface area contributed by atoms with Crippen molar-refractivity contribution in [3.63, 3.8) is 0 Å². The van der Waals surface area contributed by atoms with Crippen LogP contribution in [0.15, 0.2) is 30.5 Å². The number of aromatic nitrogens is 1. The SMILES string of the molecule is CN(C)CCCn1ccc2ccc(C(=O)O)cc21. The zero-order chi connectivity index (χ0) is 13.1. The molecule has 4 heteroatoms. The first-order valence-corrected chi connectivity index (χ1v) is 6.05. The molecule has 0 aliphatic heterocycles. The second-order valence-electron chi connectivity index (χ2n) is 4.74. The van der Waals surface area contributed by atoms with Crippen molar-refractivity contribution in [3.8, 4) is 0 Å². The van der Waals surface area contributed by atoms with Crippen molar-refractivity contribution in [2.75, 3.05) is 20.6 Å². The van der Waals surface area contributed by atoms with Gasteiger partial charge in [0, 0.05) is 18.3 Å². The fourth-order valence-corrected chi connectivity index (χ4v) is 2.07. The Kier molecular flexibility index (Phi) is 3.67. The smallest absolute Gasteiger partial charge is 0.335 e. The van der Waals surface area contributed by atoms with Gasteiger partial charge in [-0.3, -0.25) is 0 Å². The number of carbonyl (C=O) groups is 1. The van der Waals surface area contributed by atoms with E-state index >= 15 is 0 Å². The quantitative estimate of drug-likeness (QED) is 0.880. The molecule has 1 aromatic carbocycles. The first-order valence-electron chi connectivity index (χ1n) is 6.05. The molecule has 1 N–H and O–H groups in total. The molecule has 0 radical (unpaired) electrons. The highest BCUT2D eigenvalue weighted by Crippen LogP contribution is 2.18. The fraction of sp³-hybridized carbons (Fsp3) is 0.357. The number of benzene rings is 1. The lowest BCUT2D eigenvalue weighted by Gasteiger charge is -2.10. The molecule has 0 spiro atoms. The standard InChI is InChI=1S/C14H18N2O2/c1-15(2)7-3-8-16-9-6-11-4-5-12(14(17)18)10-13(11)16/h4-6,9-10H,3,7-8H2,1-2H3,(H,17,18). The molecule has 1 heterocycles. The molecule has 4 nitrogen and oxygen atoms in total. The minimum absolute atomic E-state index is 0.343. The number of nitrogens with zero attached hydrogens (tertiary/aromatic N) is 2. The minimum Gasteiger partial charge on any atom is -0.478 e. The number of fused-ring (bicyclic) bond motifs is 1. The average Bonchev–Trinajstić information content (AvgIpc) is 2.71. The lowest BCUT2D eigenvalue weighted by Crippen LogP contribution is -2.14. The van der Waals surface area contributed by atoms with Gasteiger partial charge in [-0.25, -0.2) is 4.79 Å². The van der Waals surface area contributed by atoms with Crippen LogP contribution in [0.2, 0.25) is 0 Å². The minimum atomic E-state index is -0.877. The Hall–Kier alpha value is -1.81. The maximum absolute atomic E-state index is 11.0. The van der Waals surface area contributed by atoms with Gasteiger partial charge < -0.3 is 14.6 Å². The summed E-state index contributed by atoms with van der Waals surface area (Å²) in [6, 6.07) is 7.28. The number of hydrogen-bond acceptors (Lipinski definition) is 2. The molecule has 1 aromatic heterocycles. The monoisotopic (exact) mass is 246 g/mol. The lowest BCUT2D eigenvalue weighted by atomic mass is 10.1. The van der Waals surface area contributed by atoms with E-state index in [0.717, 1.165) is 30.4 Å². The van der Waals surface area contributed by atoms with Gasteiger partial charge in [0.2, 0.25) is 0 Å². The normalized spacial score (nSPS) is 11.3. The molecule has 2 rings (SSSR count). The molecule has 0 saturated heterocycles. The van der Waals surface area contributed by atoms with Crippen LogP contribution < -0.4 is 0 Å². The van der Waals surface area contributed by atoms with E-state index in [0.29, 0.717) is 5.56 Å². The van der Waals surface area contributed by atoms with Gasteiger partial charge in [-0.2, -0.15) is 0 Å². The third-order valence-corrected chi connectivity index (χ3v) is 3.03. The molecule has 0 aliphatic carbocycles.